The van der Waals surface area contributed by atoms with Gasteiger partial charge in [0.15, 0.2) is 5.76 Å². The Labute approximate surface area is 119 Å². The molecule has 1 aromatic carbocycles. The molecule has 1 unspecified atom stereocenters. The van der Waals surface area contributed by atoms with Crippen molar-refractivity contribution in [1.29, 1.82) is 0 Å². The Hall–Kier alpha value is -1.81. The Balaban J connectivity index is 2.16. The molecule has 1 heterocycles. The molecule has 1 aliphatic rings. The van der Waals surface area contributed by atoms with Gasteiger partial charge in [0.2, 0.25) is 0 Å². The second-order valence-corrected chi connectivity index (χ2v) is 5.14. The lowest BCUT2D eigenvalue weighted by Crippen LogP contribution is -2.47. The summed E-state index contributed by atoms with van der Waals surface area (Å²) in [6.07, 6.45) is 3.69. The van der Waals surface area contributed by atoms with Crippen molar-refractivity contribution in [3.05, 3.63) is 47.7 Å². The minimum Gasteiger partial charge on any atom is -0.488 e. The van der Waals surface area contributed by atoms with E-state index in [2.05, 4.69) is 5.32 Å². The lowest BCUT2D eigenvalue weighted by atomic mass is 9.92. The van der Waals surface area contributed by atoms with Crippen LogP contribution in [0.5, 0.6) is 0 Å². The molecule has 1 atom stereocenters. The van der Waals surface area contributed by atoms with Crippen molar-refractivity contribution in [1.82, 2.24) is 5.32 Å². The standard InChI is InChI=1S/C16H21NO3/c1-16(12-19-2,13-8-4-3-5-9-13)17-15(18)14-10-6-7-11-20-14/h3-5,8-10H,6-7,11-12H2,1-2H3,(H,17,18). The van der Waals surface area contributed by atoms with E-state index >= 15 is 0 Å². The van der Waals surface area contributed by atoms with Gasteiger partial charge in [-0.25, -0.2) is 0 Å². The van der Waals surface area contributed by atoms with E-state index in [0.29, 0.717) is 19.0 Å². The van der Waals surface area contributed by atoms with E-state index in [1.165, 1.54) is 0 Å². The summed E-state index contributed by atoms with van der Waals surface area (Å²) in [4.78, 5) is 12.3. The van der Waals surface area contributed by atoms with E-state index in [1.807, 2.05) is 43.3 Å². The third kappa shape index (κ3) is 3.39. The van der Waals surface area contributed by atoms with E-state index in [-0.39, 0.29) is 5.91 Å². The predicted octanol–water partition coefficient (Wildman–Crippen LogP) is 2.36. The maximum absolute atomic E-state index is 12.3. The monoisotopic (exact) mass is 275 g/mol. The summed E-state index contributed by atoms with van der Waals surface area (Å²) in [6, 6.07) is 9.81. The van der Waals surface area contributed by atoms with Crippen molar-refractivity contribution >= 4 is 5.91 Å². The van der Waals surface area contributed by atoms with Crippen LogP contribution in [0.25, 0.3) is 0 Å². The van der Waals surface area contributed by atoms with Gasteiger partial charge in [-0.1, -0.05) is 30.3 Å². The Morgan fingerprint density at radius 2 is 2.15 bits per heavy atom. The molecule has 0 saturated heterocycles. The molecular weight excluding hydrogens is 254 g/mol. The zero-order valence-electron chi connectivity index (χ0n) is 12.0. The molecule has 2 rings (SSSR count). The molecule has 4 nitrogen and oxygen atoms in total. The van der Waals surface area contributed by atoms with Crippen molar-refractivity contribution in [2.45, 2.75) is 25.3 Å². The van der Waals surface area contributed by atoms with Crippen LogP contribution in [-0.4, -0.2) is 26.2 Å². The van der Waals surface area contributed by atoms with E-state index in [9.17, 15) is 4.79 Å². The zero-order chi connectivity index (χ0) is 14.4. The molecule has 0 aliphatic carbocycles. The first kappa shape index (κ1) is 14.6. The van der Waals surface area contributed by atoms with E-state index in [1.54, 1.807) is 7.11 Å². The minimum atomic E-state index is -0.575. The molecule has 0 bridgehead atoms. The molecular formula is C16H21NO3. The number of nitrogens with one attached hydrogen (secondary N) is 1. The number of hydrogen-bond acceptors (Lipinski definition) is 3. The van der Waals surface area contributed by atoms with Crippen molar-refractivity contribution in [3.63, 3.8) is 0 Å². The minimum absolute atomic E-state index is 0.187. The predicted molar refractivity (Wildman–Crippen MR) is 77.1 cm³/mol. The van der Waals surface area contributed by atoms with Crippen molar-refractivity contribution in [2.75, 3.05) is 20.3 Å². The Kier molecular flexibility index (Phi) is 4.79. The van der Waals surface area contributed by atoms with Crippen LogP contribution in [0, 0.1) is 0 Å². The second kappa shape index (κ2) is 6.57. The lowest BCUT2D eigenvalue weighted by molar-refractivity contribution is -0.123. The Morgan fingerprint density at radius 3 is 2.75 bits per heavy atom. The van der Waals surface area contributed by atoms with Crippen LogP contribution in [0.15, 0.2) is 42.2 Å². The summed E-state index contributed by atoms with van der Waals surface area (Å²) >= 11 is 0. The fourth-order valence-electron chi connectivity index (χ4n) is 2.31. The van der Waals surface area contributed by atoms with Crippen LogP contribution in [0.4, 0.5) is 0 Å². The lowest BCUT2D eigenvalue weighted by Gasteiger charge is -2.31. The maximum atomic E-state index is 12.3. The topological polar surface area (TPSA) is 47.6 Å². The summed E-state index contributed by atoms with van der Waals surface area (Å²) < 4.78 is 10.7. The SMILES string of the molecule is COCC(C)(NC(=O)C1=CCCCO1)c1ccccc1. The summed E-state index contributed by atoms with van der Waals surface area (Å²) in [5.74, 6) is 0.225. The number of methoxy groups -OCH3 is 1. The van der Waals surface area contributed by atoms with Crippen LogP contribution in [-0.2, 0) is 19.8 Å². The van der Waals surface area contributed by atoms with Gasteiger partial charge in [0.05, 0.1) is 18.8 Å². The largest absolute Gasteiger partial charge is 0.488 e. The smallest absolute Gasteiger partial charge is 0.286 e. The number of amides is 1. The average molecular weight is 275 g/mol. The second-order valence-electron chi connectivity index (χ2n) is 5.14. The Bertz CT molecular complexity index is 484. The van der Waals surface area contributed by atoms with Gasteiger partial charge in [-0.05, 0) is 31.4 Å². The quantitative estimate of drug-likeness (QED) is 0.897. The number of ether oxygens (including phenoxy) is 2. The van der Waals surface area contributed by atoms with Gasteiger partial charge >= 0.3 is 0 Å². The fourth-order valence-corrected chi connectivity index (χ4v) is 2.31. The average Bonchev–Trinajstić information content (AvgIpc) is 2.49. The highest BCUT2D eigenvalue weighted by Crippen LogP contribution is 2.22. The summed E-state index contributed by atoms with van der Waals surface area (Å²) in [6.45, 7) is 2.95. The number of carbonyl (C=O) groups is 1. The number of rotatable bonds is 5. The van der Waals surface area contributed by atoms with Gasteiger partial charge < -0.3 is 14.8 Å². The third-order valence-corrected chi connectivity index (χ3v) is 3.39. The normalized spacial score (nSPS) is 17.6. The van der Waals surface area contributed by atoms with Crippen LogP contribution in [0.2, 0.25) is 0 Å². The molecule has 0 saturated carbocycles. The molecule has 108 valence electrons. The molecule has 4 heteroatoms. The molecule has 0 aromatic heterocycles. The summed E-state index contributed by atoms with van der Waals surface area (Å²) in [5.41, 5.74) is 0.431. The zero-order valence-corrected chi connectivity index (χ0v) is 12.0. The van der Waals surface area contributed by atoms with Gasteiger partial charge in [-0.2, -0.15) is 0 Å². The van der Waals surface area contributed by atoms with Gasteiger partial charge in [-0.3, -0.25) is 4.79 Å². The molecule has 0 spiro atoms. The molecule has 0 fully saturated rings. The number of benzene rings is 1. The van der Waals surface area contributed by atoms with E-state index in [0.717, 1.165) is 18.4 Å². The Morgan fingerprint density at radius 1 is 1.40 bits per heavy atom. The molecule has 1 amide bonds. The van der Waals surface area contributed by atoms with E-state index < -0.39 is 5.54 Å². The highest BCUT2D eigenvalue weighted by Gasteiger charge is 2.30. The van der Waals surface area contributed by atoms with Crippen LogP contribution in [0.1, 0.15) is 25.3 Å². The number of allylic oxidation sites excluding steroid dienone is 1. The highest BCUT2D eigenvalue weighted by molar-refractivity contribution is 5.92. The fraction of sp³-hybridized carbons (Fsp3) is 0.438. The van der Waals surface area contributed by atoms with Crippen molar-refractivity contribution in [3.8, 4) is 0 Å². The first-order chi connectivity index (χ1) is 9.65. The first-order valence-electron chi connectivity index (χ1n) is 6.86. The molecule has 20 heavy (non-hydrogen) atoms. The molecule has 1 aliphatic heterocycles. The van der Waals surface area contributed by atoms with Crippen LogP contribution in [0.3, 0.4) is 0 Å². The van der Waals surface area contributed by atoms with Gasteiger partial charge in [0.25, 0.3) is 5.91 Å². The number of carbonyl (C=O) groups excluding carboxylic acids is 1. The summed E-state index contributed by atoms with van der Waals surface area (Å²) in [7, 11) is 1.63. The van der Waals surface area contributed by atoms with Crippen LogP contribution >= 0.6 is 0 Å². The highest BCUT2D eigenvalue weighted by atomic mass is 16.5. The maximum Gasteiger partial charge on any atom is 0.286 e. The molecule has 1 N–H and O–H groups in total. The van der Waals surface area contributed by atoms with Crippen molar-refractivity contribution < 1.29 is 14.3 Å². The van der Waals surface area contributed by atoms with Gasteiger partial charge in [-0.15, -0.1) is 0 Å². The molecule has 0 radical (unpaired) electrons. The van der Waals surface area contributed by atoms with Gasteiger partial charge in [0.1, 0.15) is 0 Å². The summed E-state index contributed by atoms with van der Waals surface area (Å²) in [5, 5.41) is 3.02. The third-order valence-electron chi connectivity index (χ3n) is 3.39. The van der Waals surface area contributed by atoms with Crippen molar-refractivity contribution in [2.24, 2.45) is 0 Å². The van der Waals surface area contributed by atoms with Gasteiger partial charge in [0, 0.05) is 7.11 Å². The van der Waals surface area contributed by atoms with Crippen LogP contribution < -0.4 is 5.32 Å². The molecule has 1 aromatic rings. The number of hydrogen-bond donors (Lipinski definition) is 1. The van der Waals surface area contributed by atoms with E-state index in [4.69, 9.17) is 9.47 Å². The first-order valence-corrected chi connectivity index (χ1v) is 6.86.